The van der Waals surface area contributed by atoms with E-state index in [-0.39, 0.29) is 0 Å². The van der Waals surface area contributed by atoms with Gasteiger partial charge in [0.1, 0.15) is 0 Å². The lowest BCUT2D eigenvalue weighted by molar-refractivity contribution is 0.912. The molecule has 0 spiro atoms. The van der Waals surface area contributed by atoms with Crippen molar-refractivity contribution in [2.24, 2.45) is 0 Å². The van der Waals surface area contributed by atoms with Crippen LogP contribution in [0.5, 0.6) is 0 Å². The molecule has 4 aliphatic carbocycles. The van der Waals surface area contributed by atoms with E-state index in [0.29, 0.717) is 0 Å². The lowest BCUT2D eigenvalue weighted by Crippen LogP contribution is -1.99. The fraction of sp³-hybridized carbons (Fsp3) is 0.280. The van der Waals surface area contributed by atoms with E-state index in [1.807, 2.05) is 0 Å². The molecule has 3 aromatic carbocycles. The van der Waals surface area contributed by atoms with Crippen LogP contribution < -0.4 is 0 Å². The monoisotopic (exact) mass is 328 g/mol. The first-order valence-corrected chi connectivity index (χ1v) is 9.29. The molecular formula is C25H28. The minimum Gasteiger partial charge on any atom is -0.0591 e. The summed E-state index contributed by atoms with van der Waals surface area (Å²) in [5.74, 6) is 0. The minimum absolute atomic E-state index is 1.15. The molecule has 0 saturated heterocycles. The number of hydrogen-bond donors (Lipinski definition) is 0. The van der Waals surface area contributed by atoms with Gasteiger partial charge in [-0.15, -0.1) is 0 Å². The lowest BCUT2D eigenvalue weighted by atomic mass is 9.94. The standard InChI is InChI=1S/C17H18.C8H10/c1-13-12-16-7-6-14-2-4-15(5-3-14)8-10-17(13)11-9-16;1-7-3-5-8(2)6-4-7/h2-5,9,11-12H,6-8,10H2,1H3;3-6H,1-2H3. The van der Waals surface area contributed by atoms with E-state index in [9.17, 15) is 0 Å². The molecule has 0 unspecified atom stereocenters. The summed E-state index contributed by atoms with van der Waals surface area (Å²) in [5, 5.41) is 0. The molecule has 0 nitrogen and oxygen atoms in total. The largest absolute Gasteiger partial charge is 0.0591 e. The maximum Gasteiger partial charge on any atom is -0.0236 e. The molecular weight excluding hydrogens is 300 g/mol. The topological polar surface area (TPSA) is 0 Å². The SMILES string of the molecule is Cc1cc2ccc1CCc1ccc(cc1)CC2.Cc1ccc(C)cc1. The molecule has 0 atom stereocenters. The van der Waals surface area contributed by atoms with Crippen molar-refractivity contribution in [1.29, 1.82) is 0 Å². The van der Waals surface area contributed by atoms with Crippen LogP contribution in [0, 0.1) is 20.8 Å². The molecule has 4 aliphatic rings. The summed E-state index contributed by atoms with van der Waals surface area (Å²) >= 11 is 0. The third kappa shape index (κ3) is 5.06. The predicted molar refractivity (Wildman–Crippen MR) is 108 cm³/mol. The van der Waals surface area contributed by atoms with Crippen LogP contribution in [0.15, 0.2) is 66.7 Å². The highest BCUT2D eigenvalue weighted by Gasteiger charge is 2.04. The molecule has 0 amide bonds. The van der Waals surface area contributed by atoms with E-state index < -0.39 is 0 Å². The van der Waals surface area contributed by atoms with Gasteiger partial charge in [-0.05, 0) is 74.3 Å². The fourth-order valence-electron chi connectivity index (χ4n) is 3.27. The zero-order valence-electron chi connectivity index (χ0n) is 15.7. The van der Waals surface area contributed by atoms with Gasteiger partial charge in [0.15, 0.2) is 0 Å². The molecule has 0 saturated carbocycles. The summed E-state index contributed by atoms with van der Waals surface area (Å²) in [4.78, 5) is 0. The van der Waals surface area contributed by atoms with Crippen molar-refractivity contribution in [2.75, 3.05) is 0 Å². The van der Waals surface area contributed by atoms with Crippen LogP contribution in [0.3, 0.4) is 0 Å². The van der Waals surface area contributed by atoms with Crippen molar-refractivity contribution in [1.82, 2.24) is 0 Å². The number of rotatable bonds is 0. The van der Waals surface area contributed by atoms with Crippen LogP contribution in [-0.2, 0) is 25.7 Å². The van der Waals surface area contributed by atoms with Gasteiger partial charge in [-0.25, -0.2) is 0 Å². The Kier molecular flexibility index (Phi) is 5.71. The van der Waals surface area contributed by atoms with Crippen LogP contribution >= 0.6 is 0 Å². The highest BCUT2D eigenvalue weighted by molar-refractivity contribution is 5.34. The Bertz CT molecular complexity index is 787. The Balaban J connectivity index is 0.000000192. The zero-order valence-corrected chi connectivity index (χ0v) is 15.7. The molecule has 128 valence electrons. The van der Waals surface area contributed by atoms with Gasteiger partial charge >= 0.3 is 0 Å². The van der Waals surface area contributed by atoms with Crippen LogP contribution in [0.25, 0.3) is 0 Å². The number of benzene rings is 3. The smallest absolute Gasteiger partial charge is 0.0236 e. The molecule has 0 aliphatic heterocycles. The third-order valence-corrected chi connectivity index (χ3v) is 5.03. The Morgan fingerprint density at radius 1 is 0.480 bits per heavy atom. The maximum absolute atomic E-state index is 2.36. The first kappa shape index (κ1) is 17.5. The second-order valence-corrected chi connectivity index (χ2v) is 7.23. The van der Waals surface area contributed by atoms with Crippen molar-refractivity contribution in [3.8, 4) is 0 Å². The molecule has 0 heterocycles. The maximum atomic E-state index is 2.36. The normalized spacial score (nSPS) is 12.8. The molecule has 0 radical (unpaired) electrons. The van der Waals surface area contributed by atoms with Gasteiger partial charge in [0, 0.05) is 0 Å². The van der Waals surface area contributed by atoms with E-state index in [2.05, 4.69) is 87.5 Å². The van der Waals surface area contributed by atoms with E-state index >= 15 is 0 Å². The molecule has 3 aromatic rings. The van der Waals surface area contributed by atoms with Crippen molar-refractivity contribution in [2.45, 2.75) is 46.5 Å². The van der Waals surface area contributed by atoms with Gasteiger partial charge in [-0.2, -0.15) is 0 Å². The average molecular weight is 328 g/mol. The minimum atomic E-state index is 1.15. The Hall–Kier alpha value is -2.34. The summed E-state index contributed by atoms with van der Waals surface area (Å²) in [7, 11) is 0. The van der Waals surface area contributed by atoms with E-state index in [1.165, 1.54) is 38.9 Å². The van der Waals surface area contributed by atoms with Gasteiger partial charge in [-0.3, -0.25) is 0 Å². The Labute approximate surface area is 152 Å². The van der Waals surface area contributed by atoms with Crippen LogP contribution in [0.1, 0.15) is 38.9 Å². The number of aryl methyl sites for hydroxylation is 7. The highest BCUT2D eigenvalue weighted by atomic mass is 14.1. The second kappa shape index (κ2) is 8.16. The van der Waals surface area contributed by atoms with Gasteiger partial charge in [0.2, 0.25) is 0 Å². The van der Waals surface area contributed by atoms with Crippen LogP contribution in [0.2, 0.25) is 0 Å². The lowest BCUT2D eigenvalue weighted by Gasteiger charge is -2.11. The van der Waals surface area contributed by atoms with Crippen LogP contribution in [-0.4, -0.2) is 0 Å². The van der Waals surface area contributed by atoms with E-state index in [0.717, 1.165) is 25.7 Å². The summed E-state index contributed by atoms with van der Waals surface area (Å²) in [5.41, 5.74) is 9.99. The van der Waals surface area contributed by atoms with Crippen molar-refractivity contribution in [3.63, 3.8) is 0 Å². The summed E-state index contributed by atoms with van der Waals surface area (Å²) in [6, 6.07) is 24.6. The first-order valence-electron chi connectivity index (χ1n) is 9.29. The molecule has 0 aromatic heterocycles. The first-order chi connectivity index (χ1) is 12.1. The average Bonchev–Trinajstić information content (AvgIpc) is 2.61. The highest BCUT2D eigenvalue weighted by Crippen LogP contribution is 2.18. The van der Waals surface area contributed by atoms with Crippen molar-refractivity contribution >= 4 is 0 Å². The zero-order chi connectivity index (χ0) is 17.6. The van der Waals surface area contributed by atoms with Crippen molar-refractivity contribution < 1.29 is 0 Å². The molecule has 0 N–H and O–H groups in total. The van der Waals surface area contributed by atoms with Gasteiger partial charge in [-0.1, -0.05) is 77.9 Å². The summed E-state index contributed by atoms with van der Waals surface area (Å²) in [6.07, 6.45) is 4.62. The molecule has 7 rings (SSSR count). The van der Waals surface area contributed by atoms with Gasteiger partial charge < -0.3 is 0 Å². The quantitative estimate of drug-likeness (QED) is 0.462. The predicted octanol–water partition coefficient (Wildman–Crippen LogP) is 6.18. The second-order valence-electron chi connectivity index (χ2n) is 7.23. The molecule has 0 heteroatoms. The van der Waals surface area contributed by atoms with Crippen LogP contribution in [0.4, 0.5) is 0 Å². The van der Waals surface area contributed by atoms with Gasteiger partial charge in [0.05, 0.1) is 0 Å². The molecule has 25 heavy (non-hydrogen) atoms. The van der Waals surface area contributed by atoms with E-state index in [4.69, 9.17) is 0 Å². The summed E-state index contributed by atoms with van der Waals surface area (Å²) < 4.78 is 0. The van der Waals surface area contributed by atoms with Gasteiger partial charge in [0.25, 0.3) is 0 Å². The molecule has 0 fully saturated rings. The van der Waals surface area contributed by atoms with E-state index in [1.54, 1.807) is 0 Å². The fourth-order valence-corrected chi connectivity index (χ4v) is 3.27. The Morgan fingerprint density at radius 2 is 0.920 bits per heavy atom. The third-order valence-electron chi connectivity index (χ3n) is 5.03. The number of hydrogen-bond acceptors (Lipinski definition) is 0. The molecule has 4 bridgehead atoms. The Morgan fingerprint density at radius 3 is 1.44 bits per heavy atom. The van der Waals surface area contributed by atoms with Crippen molar-refractivity contribution in [3.05, 3.63) is 106 Å². The summed E-state index contributed by atoms with van der Waals surface area (Å²) in [6.45, 7) is 6.44.